The quantitative estimate of drug-likeness (QED) is 0.626. The molecule has 0 radical (unpaired) electrons. The van der Waals surface area contributed by atoms with Gasteiger partial charge in [-0.15, -0.1) is 0 Å². The van der Waals surface area contributed by atoms with Gasteiger partial charge in [-0.2, -0.15) is 0 Å². The second-order valence-electron chi connectivity index (χ2n) is 7.35. The van der Waals surface area contributed by atoms with Crippen molar-refractivity contribution in [1.29, 1.82) is 0 Å². The molecule has 3 unspecified atom stereocenters. The minimum absolute atomic E-state index is 0.388. The zero-order chi connectivity index (χ0) is 14.5. The molecule has 0 spiro atoms. The van der Waals surface area contributed by atoms with Gasteiger partial charge in [0.2, 0.25) is 0 Å². The third-order valence-electron chi connectivity index (χ3n) is 4.98. The SMILES string of the molecule is C=C(CC)CC(C)(C)C1CCC(C)CC1NCCC. The summed E-state index contributed by atoms with van der Waals surface area (Å²) < 4.78 is 0. The Bertz CT molecular complexity index is 279. The summed E-state index contributed by atoms with van der Waals surface area (Å²) in [7, 11) is 0. The van der Waals surface area contributed by atoms with Crippen LogP contribution >= 0.6 is 0 Å². The molecule has 0 aromatic rings. The van der Waals surface area contributed by atoms with Crippen LogP contribution in [0.25, 0.3) is 0 Å². The van der Waals surface area contributed by atoms with Crippen molar-refractivity contribution in [3.8, 4) is 0 Å². The Morgan fingerprint density at radius 3 is 2.53 bits per heavy atom. The molecule has 3 atom stereocenters. The summed E-state index contributed by atoms with van der Waals surface area (Å²) in [6.45, 7) is 17.2. The van der Waals surface area contributed by atoms with Crippen molar-refractivity contribution in [2.24, 2.45) is 17.3 Å². The lowest BCUT2D eigenvalue weighted by molar-refractivity contribution is 0.0936. The van der Waals surface area contributed by atoms with Crippen LogP contribution in [-0.4, -0.2) is 12.6 Å². The lowest BCUT2D eigenvalue weighted by Gasteiger charge is -2.45. The summed E-state index contributed by atoms with van der Waals surface area (Å²) in [6, 6.07) is 0.711. The van der Waals surface area contributed by atoms with E-state index in [1.54, 1.807) is 0 Å². The van der Waals surface area contributed by atoms with Crippen molar-refractivity contribution in [3.05, 3.63) is 12.2 Å². The Kier molecular flexibility index (Phi) is 6.59. The topological polar surface area (TPSA) is 12.0 Å². The van der Waals surface area contributed by atoms with Crippen LogP contribution in [0.5, 0.6) is 0 Å². The highest BCUT2D eigenvalue weighted by atomic mass is 14.9. The molecule has 0 bridgehead atoms. The van der Waals surface area contributed by atoms with Gasteiger partial charge in [0.1, 0.15) is 0 Å². The van der Waals surface area contributed by atoms with E-state index < -0.39 is 0 Å². The molecule has 1 nitrogen and oxygen atoms in total. The lowest BCUT2D eigenvalue weighted by Crippen LogP contribution is -2.47. The average Bonchev–Trinajstić information content (AvgIpc) is 2.35. The van der Waals surface area contributed by atoms with Gasteiger partial charge in [0.15, 0.2) is 0 Å². The second kappa shape index (κ2) is 7.47. The van der Waals surface area contributed by atoms with Crippen molar-refractivity contribution in [3.63, 3.8) is 0 Å². The van der Waals surface area contributed by atoms with Crippen molar-refractivity contribution in [2.45, 2.75) is 79.2 Å². The molecule has 1 fully saturated rings. The van der Waals surface area contributed by atoms with Crippen LogP contribution in [-0.2, 0) is 0 Å². The first-order valence-electron chi connectivity index (χ1n) is 8.30. The van der Waals surface area contributed by atoms with Gasteiger partial charge in [0.05, 0.1) is 0 Å². The third-order valence-corrected chi connectivity index (χ3v) is 4.98. The molecule has 1 heteroatoms. The lowest BCUT2D eigenvalue weighted by atomic mass is 9.64. The van der Waals surface area contributed by atoms with Gasteiger partial charge < -0.3 is 5.32 Å². The fourth-order valence-electron chi connectivity index (χ4n) is 3.77. The molecule has 1 aliphatic rings. The number of hydrogen-bond acceptors (Lipinski definition) is 1. The van der Waals surface area contributed by atoms with Gasteiger partial charge in [-0.05, 0) is 55.9 Å². The fourth-order valence-corrected chi connectivity index (χ4v) is 3.77. The molecular weight excluding hydrogens is 230 g/mol. The molecule has 1 saturated carbocycles. The second-order valence-corrected chi connectivity index (χ2v) is 7.35. The largest absolute Gasteiger partial charge is 0.314 e. The first-order valence-corrected chi connectivity index (χ1v) is 8.30. The summed E-state index contributed by atoms with van der Waals surface area (Å²) >= 11 is 0. The van der Waals surface area contributed by atoms with E-state index in [1.165, 1.54) is 44.2 Å². The van der Waals surface area contributed by atoms with Crippen LogP contribution in [0.2, 0.25) is 0 Å². The summed E-state index contributed by atoms with van der Waals surface area (Å²) in [5.41, 5.74) is 1.80. The third kappa shape index (κ3) is 4.95. The van der Waals surface area contributed by atoms with Gasteiger partial charge in [-0.25, -0.2) is 0 Å². The summed E-state index contributed by atoms with van der Waals surface area (Å²) in [5.74, 6) is 1.69. The highest BCUT2D eigenvalue weighted by Crippen LogP contribution is 2.43. The molecule has 0 aromatic carbocycles. The van der Waals surface area contributed by atoms with Gasteiger partial charge in [0.25, 0.3) is 0 Å². The van der Waals surface area contributed by atoms with E-state index in [-0.39, 0.29) is 0 Å². The zero-order valence-corrected chi connectivity index (χ0v) is 13.9. The molecule has 1 rings (SSSR count). The first-order chi connectivity index (χ1) is 8.90. The van der Waals surface area contributed by atoms with E-state index >= 15 is 0 Å². The number of hydrogen-bond donors (Lipinski definition) is 1. The van der Waals surface area contributed by atoms with E-state index in [0.29, 0.717) is 11.5 Å². The summed E-state index contributed by atoms with van der Waals surface area (Å²) in [5, 5.41) is 3.82. The van der Waals surface area contributed by atoms with Crippen molar-refractivity contribution < 1.29 is 0 Å². The smallest absolute Gasteiger partial charge is 0.0103 e. The van der Waals surface area contributed by atoms with E-state index in [4.69, 9.17) is 0 Å². The molecule has 0 aromatic heterocycles. The highest BCUT2D eigenvalue weighted by molar-refractivity contribution is 5.02. The summed E-state index contributed by atoms with van der Waals surface area (Å²) in [4.78, 5) is 0. The Balaban J connectivity index is 2.71. The van der Waals surface area contributed by atoms with Crippen LogP contribution in [0.4, 0.5) is 0 Å². The van der Waals surface area contributed by atoms with Crippen molar-refractivity contribution in [1.82, 2.24) is 5.32 Å². The van der Waals surface area contributed by atoms with Gasteiger partial charge in [0, 0.05) is 6.04 Å². The van der Waals surface area contributed by atoms with Gasteiger partial charge >= 0.3 is 0 Å². The molecule has 0 heterocycles. The Morgan fingerprint density at radius 2 is 1.95 bits per heavy atom. The Morgan fingerprint density at radius 1 is 1.26 bits per heavy atom. The predicted octanol–water partition coefficient (Wildman–Crippen LogP) is 5.17. The predicted molar refractivity (Wildman–Crippen MR) is 86.4 cm³/mol. The van der Waals surface area contributed by atoms with Crippen LogP contribution in [0, 0.1) is 17.3 Å². The molecule has 19 heavy (non-hydrogen) atoms. The van der Waals surface area contributed by atoms with Crippen LogP contribution in [0.15, 0.2) is 12.2 Å². The number of allylic oxidation sites excluding steroid dienone is 1. The summed E-state index contributed by atoms with van der Waals surface area (Å²) in [6.07, 6.45) is 7.68. The molecule has 0 amide bonds. The number of rotatable bonds is 7. The molecule has 0 saturated heterocycles. The minimum atomic E-state index is 0.388. The zero-order valence-electron chi connectivity index (χ0n) is 13.9. The van der Waals surface area contributed by atoms with Crippen LogP contribution in [0.1, 0.15) is 73.1 Å². The van der Waals surface area contributed by atoms with E-state index in [9.17, 15) is 0 Å². The van der Waals surface area contributed by atoms with E-state index in [1.807, 2.05) is 0 Å². The van der Waals surface area contributed by atoms with Gasteiger partial charge in [-0.1, -0.05) is 53.2 Å². The van der Waals surface area contributed by atoms with Crippen molar-refractivity contribution >= 4 is 0 Å². The van der Waals surface area contributed by atoms with Gasteiger partial charge in [-0.3, -0.25) is 0 Å². The van der Waals surface area contributed by atoms with Crippen LogP contribution in [0.3, 0.4) is 0 Å². The molecule has 0 aliphatic heterocycles. The first kappa shape index (κ1) is 16.8. The Hall–Kier alpha value is -0.300. The number of nitrogens with one attached hydrogen (secondary N) is 1. The highest BCUT2D eigenvalue weighted by Gasteiger charge is 2.38. The molecule has 1 N–H and O–H groups in total. The molecular formula is C18H35N. The maximum Gasteiger partial charge on any atom is 0.0103 e. The molecule has 112 valence electrons. The maximum atomic E-state index is 4.23. The average molecular weight is 265 g/mol. The van der Waals surface area contributed by atoms with E-state index in [2.05, 4.69) is 46.5 Å². The molecule has 1 aliphatic carbocycles. The Labute approximate surface area is 121 Å². The van der Waals surface area contributed by atoms with Crippen LogP contribution < -0.4 is 5.32 Å². The monoisotopic (exact) mass is 265 g/mol. The fraction of sp³-hybridized carbons (Fsp3) is 0.889. The standard InChI is InChI=1S/C18H35N/c1-7-11-19-17-12-15(4)9-10-16(17)18(5,6)13-14(3)8-2/h15-17,19H,3,7-13H2,1-2,4-6H3. The maximum absolute atomic E-state index is 4.23. The van der Waals surface area contributed by atoms with Crippen molar-refractivity contribution in [2.75, 3.05) is 6.54 Å². The normalized spacial score (nSPS) is 28.4. The minimum Gasteiger partial charge on any atom is -0.314 e. The van der Waals surface area contributed by atoms with E-state index in [0.717, 1.165) is 18.3 Å².